The van der Waals surface area contributed by atoms with Crippen molar-refractivity contribution in [2.75, 3.05) is 19.3 Å². The molecule has 0 saturated heterocycles. The summed E-state index contributed by atoms with van der Waals surface area (Å²) in [5, 5.41) is 1.27. The monoisotopic (exact) mass is 308 g/mol. The molecule has 0 aliphatic heterocycles. The van der Waals surface area contributed by atoms with Crippen LogP contribution in [-0.2, 0) is 14.2 Å². The van der Waals surface area contributed by atoms with Gasteiger partial charge in [-0.1, -0.05) is 46.5 Å². The maximum absolute atomic E-state index is 11.1. The van der Waals surface area contributed by atoms with Gasteiger partial charge in [0.1, 0.15) is 0 Å². The van der Waals surface area contributed by atoms with Gasteiger partial charge in [-0.05, 0) is 11.0 Å². The fourth-order valence-electron chi connectivity index (χ4n) is 1.19. The second-order valence-electron chi connectivity index (χ2n) is 4.59. The normalized spacial score (nSPS) is 10.6. The van der Waals surface area contributed by atoms with E-state index in [0.717, 1.165) is 19.3 Å². The van der Waals surface area contributed by atoms with E-state index >= 15 is 0 Å². The van der Waals surface area contributed by atoms with E-state index in [-0.39, 0.29) is 12.1 Å². The van der Waals surface area contributed by atoms with E-state index in [9.17, 15) is 9.36 Å². The van der Waals surface area contributed by atoms with E-state index in [0.29, 0.717) is 19.6 Å². The zero-order valence-corrected chi connectivity index (χ0v) is 14.3. The van der Waals surface area contributed by atoms with Crippen LogP contribution in [0.5, 0.6) is 0 Å². The molecule has 0 saturated carbocycles. The molecule has 1 atom stereocenters. The number of hydroxylamine groups is 2. The Kier molecular flexibility index (Phi) is 18.0. The Labute approximate surface area is 124 Å². The van der Waals surface area contributed by atoms with Crippen molar-refractivity contribution in [3.05, 3.63) is 0 Å². The van der Waals surface area contributed by atoms with Crippen LogP contribution >= 0.6 is 8.03 Å². The number of rotatable bonds is 10. The van der Waals surface area contributed by atoms with Crippen molar-refractivity contribution in [1.29, 1.82) is 0 Å². The molecule has 0 aromatic rings. The van der Waals surface area contributed by atoms with Gasteiger partial charge < -0.3 is 0 Å². The number of nitrogens with zero attached hydrogens (tertiary/aromatic N) is 1. The van der Waals surface area contributed by atoms with Crippen LogP contribution in [0.25, 0.3) is 0 Å². The molecule has 20 heavy (non-hydrogen) atoms. The summed E-state index contributed by atoms with van der Waals surface area (Å²) in [4.78, 5) is 25.1. The molecule has 1 unspecified atom stereocenters. The summed E-state index contributed by atoms with van der Waals surface area (Å²) in [6.07, 6.45) is 6.44. The Morgan fingerprint density at radius 1 is 1.10 bits per heavy atom. The minimum atomic E-state index is -2.11. The second-order valence-corrected chi connectivity index (χ2v) is 5.74. The minimum absolute atomic E-state index is 0.162. The Hall–Kier alpha value is -0.510. The van der Waals surface area contributed by atoms with Crippen LogP contribution in [0.3, 0.4) is 0 Å². The highest BCUT2D eigenvalue weighted by atomic mass is 31.1. The van der Waals surface area contributed by atoms with Crippen LogP contribution in [0.4, 0.5) is 0 Å². The van der Waals surface area contributed by atoms with Crippen molar-refractivity contribution in [2.24, 2.45) is 0 Å². The highest BCUT2D eigenvalue weighted by Gasteiger charge is 2.14. The lowest BCUT2D eigenvalue weighted by atomic mass is 10.3. The number of hydrogen-bond acceptors (Lipinski definition) is 3. The molecule has 0 rings (SSSR count). The number of carbonyl (C=O) groups is 1. The van der Waals surface area contributed by atoms with Gasteiger partial charge in [-0.2, -0.15) is 4.89 Å². The van der Waals surface area contributed by atoms with E-state index < -0.39 is 8.03 Å². The fraction of sp³-hybridized carbons (Fsp3) is 0.929. The predicted molar refractivity (Wildman–Crippen MR) is 82.8 cm³/mol. The first kappa shape index (κ1) is 21.8. The molecular weight excluding hydrogens is 277 g/mol. The molecule has 120 valence electrons. The maximum atomic E-state index is 11.1. The van der Waals surface area contributed by atoms with Crippen molar-refractivity contribution in [3.8, 4) is 0 Å². The molecule has 0 bridgehead atoms. The minimum Gasteiger partial charge on any atom is -0.273 e. The molecule has 6 heteroatoms. The maximum Gasteiger partial charge on any atom is 0.505 e. The molecule has 0 aliphatic rings. The van der Waals surface area contributed by atoms with Crippen LogP contribution in [-0.4, -0.2) is 35.2 Å². The molecule has 0 aromatic heterocycles. The van der Waals surface area contributed by atoms with E-state index in [2.05, 4.69) is 20.8 Å². The van der Waals surface area contributed by atoms with Crippen molar-refractivity contribution in [2.45, 2.75) is 66.2 Å². The standard InChI is InChI=1S/C10H20NO4P.C4H10/c1-3-4-5-8-15-11(10(2)12)7-6-9-16(13)14;1-3-4-2/h3-9H2,1-2H3;3-4H2,1-2H3/p+1. The first-order valence-electron chi connectivity index (χ1n) is 7.54. The van der Waals surface area contributed by atoms with Gasteiger partial charge in [-0.3, -0.25) is 9.63 Å². The molecule has 0 aliphatic carbocycles. The van der Waals surface area contributed by atoms with Gasteiger partial charge in [0.2, 0.25) is 5.91 Å². The summed E-state index contributed by atoms with van der Waals surface area (Å²) in [6.45, 7) is 8.79. The van der Waals surface area contributed by atoms with Crippen LogP contribution in [0.15, 0.2) is 0 Å². The number of unbranched alkanes of at least 4 members (excludes halogenated alkanes) is 3. The number of amides is 1. The first-order valence-corrected chi connectivity index (χ1v) is 8.93. The van der Waals surface area contributed by atoms with Crippen molar-refractivity contribution < 1.29 is 19.1 Å². The lowest BCUT2D eigenvalue weighted by Gasteiger charge is -2.19. The topological polar surface area (TPSA) is 66.8 Å². The highest BCUT2D eigenvalue weighted by molar-refractivity contribution is 7.37. The Morgan fingerprint density at radius 2 is 1.70 bits per heavy atom. The van der Waals surface area contributed by atoms with Gasteiger partial charge in [0.25, 0.3) is 0 Å². The Balaban J connectivity index is 0. The van der Waals surface area contributed by atoms with Crippen LogP contribution in [0.2, 0.25) is 0 Å². The van der Waals surface area contributed by atoms with Crippen molar-refractivity contribution >= 4 is 13.9 Å². The zero-order chi connectivity index (χ0) is 15.8. The van der Waals surface area contributed by atoms with Crippen LogP contribution in [0, 0.1) is 0 Å². The van der Waals surface area contributed by atoms with E-state index in [1.807, 2.05) is 0 Å². The first-order chi connectivity index (χ1) is 9.49. The third-order valence-corrected chi connectivity index (χ3v) is 3.26. The van der Waals surface area contributed by atoms with Gasteiger partial charge in [0, 0.05) is 13.3 Å². The highest BCUT2D eigenvalue weighted by Crippen LogP contribution is 2.14. The molecule has 0 heterocycles. The van der Waals surface area contributed by atoms with E-state index in [1.165, 1.54) is 24.8 Å². The van der Waals surface area contributed by atoms with Gasteiger partial charge in [0.15, 0.2) is 6.16 Å². The third-order valence-electron chi connectivity index (χ3n) is 2.56. The van der Waals surface area contributed by atoms with E-state index in [4.69, 9.17) is 9.73 Å². The summed E-state index contributed by atoms with van der Waals surface area (Å²) < 4.78 is 10.5. The van der Waals surface area contributed by atoms with E-state index in [1.54, 1.807) is 0 Å². The SMILES string of the molecule is CCCC.CCCCCON(CCC[P+](=O)O)C(C)=O. The zero-order valence-electron chi connectivity index (χ0n) is 13.4. The summed E-state index contributed by atoms with van der Waals surface area (Å²) >= 11 is 0. The average molecular weight is 308 g/mol. The molecule has 1 amide bonds. The second kappa shape index (κ2) is 16.5. The lowest BCUT2D eigenvalue weighted by molar-refractivity contribution is -0.184. The summed E-state index contributed by atoms with van der Waals surface area (Å²) in [5.41, 5.74) is 0. The number of carbonyl (C=O) groups excluding carboxylic acids is 1. The summed E-state index contributed by atoms with van der Waals surface area (Å²) in [5.74, 6) is -0.162. The molecule has 0 fully saturated rings. The molecule has 0 spiro atoms. The van der Waals surface area contributed by atoms with Crippen LogP contribution < -0.4 is 0 Å². The van der Waals surface area contributed by atoms with Crippen molar-refractivity contribution in [1.82, 2.24) is 5.06 Å². The smallest absolute Gasteiger partial charge is 0.273 e. The third kappa shape index (κ3) is 17.5. The average Bonchev–Trinajstić information content (AvgIpc) is 2.41. The molecule has 0 radical (unpaired) electrons. The summed E-state index contributed by atoms with van der Waals surface area (Å²) in [6, 6.07) is 0. The van der Waals surface area contributed by atoms with Gasteiger partial charge in [0.05, 0.1) is 13.2 Å². The van der Waals surface area contributed by atoms with Gasteiger partial charge >= 0.3 is 8.03 Å². The summed E-state index contributed by atoms with van der Waals surface area (Å²) in [7, 11) is -2.11. The van der Waals surface area contributed by atoms with Gasteiger partial charge in [-0.15, -0.1) is 0 Å². The molecule has 0 aromatic carbocycles. The predicted octanol–water partition coefficient (Wildman–Crippen LogP) is 3.89. The Morgan fingerprint density at radius 3 is 2.10 bits per heavy atom. The van der Waals surface area contributed by atoms with Crippen molar-refractivity contribution in [3.63, 3.8) is 0 Å². The molecular formula is C14H31NO4P+. The Bertz CT molecular complexity index is 247. The molecule has 1 N–H and O–H groups in total. The lowest BCUT2D eigenvalue weighted by Crippen LogP contribution is -2.30. The molecule has 5 nitrogen and oxygen atoms in total. The fourth-order valence-corrected chi connectivity index (χ4v) is 1.60. The largest absolute Gasteiger partial charge is 0.505 e. The van der Waals surface area contributed by atoms with Crippen LogP contribution in [0.1, 0.15) is 66.2 Å². The quantitative estimate of drug-likeness (QED) is 0.378. The van der Waals surface area contributed by atoms with Gasteiger partial charge in [-0.25, -0.2) is 5.06 Å². The number of hydrogen-bond donors (Lipinski definition) is 1.